The Morgan fingerprint density at radius 2 is 1.76 bits per heavy atom. The number of hydrogen-bond acceptors (Lipinski definition) is 3. The number of aliphatic carboxylic acids is 1. The maximum absolute atomic E-state index is 12.4. The molecular weight excluding hydrogens is 293 g/mol. The molecule has 0 saturated heterocycles. The number of rotatable bonds is 6. The second kappa shape index (κ2) is 7.48. The molecule has 0 aliphatic carbocycles. The van der Waals surface area contributed by atoms with Gasteiger partial charge >= 0.3 is 18.2 Å². The number of amides is 2. The van der Waals surface area contributed by atoms with Crippen molar-refractivity contribution in [3.05, 3.63) is 0 Å². The van der Waals surface area contributed by atoms with Crippen LogP contribution in [0.5, 0.6) is 0 Å². The van der Waals surface area contributed by atoms with Crippen LogP contribution < -0.4 is 5.32 Å². The molecule has 1 atom stereocenters. The Kier molecular flexibility index (Phi) is 6.95. The fourth-order valence-corrected chi connectivity index (χ4v) is 1.58. The van der Waals surface area contributed by atoms with E-state index in [2.05, 4.69) is 5.32 Å². The lowest BCUT2D eigenvalue weighted by Crippen LogP contribution is -2.52. The molecular formula is C12H21F3N2O4. The summed E-state index contributed by atoms with van der Waals surface area (Å²) in [5.41, 5.74) is -0.642. The first-order valence-electron chi connectivity index (χ1n) is 6.31. The highest BCUT2D eigenvalue weighted by Crippen LogP contribution is 2.23. The van der Waals surface area contributed by atoms with Gasteiger partial charge in [0.1, 0.15) is 6.54 Å². The maximum Gasteiger partial charge on any atom is 0.406 e. The Morgan fingerprint density at radius 1 is 1.24 bits per heavy atom. The monoisotopic (exact) mass is 314 g/mol. The van der Waals surface area contributed by atoms with Crippen molar-refractivity contribution in [1.29, 1.82) is 0 Å². The van der Waals surface area contributed by atoms with E-state index in [4.69, 9.17) is 10.2 Å². The minimum absolute atomic E-state index is 0.403. The molecule has 6 nitrogen and oxygen atoms in total. The lowest BCUT2D eigenvalue weighted by Gasteiger charge is -2.33. The second-order valence-electron chi connectivity index (χ2n) is 5.73. The summed E-state index contributed by atoms with van der Waals surface area (Å²) in [6, 6.07) is -1.89. The topological polar surface area (TPSA) is 89.9 Å². The van der Waals surface area contributed by atoms with E-state index in [0.29, 0.717) is 4.90 Å². The number of nitrogens with zero attached hydrogens (tertiary/aromatic N) is 1. The zero-order chi connectivity index (χ0) is 16.8. The number of carboxylic acids is 1. The lowest BCUT2D eigenvalue weighted by molar-refractivity contribution is -0.141. The standard InChI is InChI=1S/C12H21F3N2O4/c1-11(2,3)8(6-9(19)20)16-10(21)17(4-5-18)7-12(13,14)15/h8,18H,4-7H2,1-3H3,(H,16,21)(H,19,20). The summed E-state index contributed by atoms with van der Waals surface area (Å²) in [6.45, 7) is 2.38. The van der Waals surface area contributed by atoms with Gasteiger partial charge in [0.25, 0.3) is 0 Å². The Labute approximate surface area is 120 Å². The van der Waals surface area contributed by atoms with Crippen LogP contribution in [0.15, 0.2) is 0 Å². The molecule has 0 spiro atoms. The molecule has 0 saturated carbocycles. The van der Waals surface area contributed by atoms with Crippen molar-refractivity contribution >= 4 is 12.0 Å². The van der Waals surface area contributed by atoms with Gasteiger partial charge in [-0.15, -0.1) is 0 Å². The van der Waals surface area contributed by atoms with Gasteiger partial charge in [0.15, 0.2) is 0 Å². The third-order valence-electron chi connectivity index (χ3n) is 2.75. The molecule has 0 aliphatic heterocycles. The minimum atomic E-state index is -4.60. The molecule has 0 aromatic carbocycles. The fraction of sp³-hybridized carbons (Fsp3) is 0.833. The molecule has 0 aliphatic rings. The van der Waals surface area contributed by atoms with Gasteiger partial charge in [0.05, 0.1) is 13.0 Å². The van der Waals surface area contributed by atoms with Crippen LogP contribution in [0, 0.1) is 5.41 Å². The molecule has 9 heteroatoms. The van der Waals surface area contributed by atoms with Gasteiger partial charge < -0.3 is 20.4 Å². The van der Waals surface area contributed by atoms with Crippen LogP contribution in [-0.4, -0.2) is 59.0 Å². The first-order valence-corrected chi connectivity index (χ1v) is 6.31. The molecule has 1 unspecified atom stereocenters. The van der Waals surface area contributed by atoms with Crippen molar-refractivity contribution in [2.24, 2.45) is 5.41 Å². The summed E-state index contributed by atoms with van der Waals surface area (Å²) < 4.78 is 37.1. The number of aliphatic hydroxyl groups is 1. The summed E-state index contributed by atoms with van der Waals surface area (Å²) in [4.78, 5) is 23.0. The normalized spacial score (nSPS) is 13.7. The summed E-state index contributed by atoms with van der Waals surface area (Å²) >= 11 is 0. The molecule has 21 heavy (non-hydrogen) atoms. The minimum Gasteiger partial charge on any atom is -0.481 e. The van der Waals surface area contributed by atoms with E-state index in [1.54, 1.807) is 20.8 Å². The third-order valence-corrected chi connectivity index (χ3v) is 2.75. The Bertz CT molecular complexity index is 366. The van der Waals surface area contributed by atoms with Gasteiger partial charge in [-0.1, -0.05) is 20.8 Å². The predicted octanol–water partition coefficient (Wildman–Crippen LogP) is 1.44. The number of carbonyl (C=O) groups excluding carboxylic acids is 1. The largest absolute Gasteiger partial charge is 0.481 e. The molecule has 0 rings (SSSR count). The van der Waals surface area contributed by atoms with Crippen LogP contribution in [0.4, 0.5) is 18.0 Å². The average molecular weight is 314 g/mol. The van der Waals surface area contributed by atoms with Crippen LogP contribution in [-0.2, 0) is 4.79 Å². The Hall–Kier alpha value is -1.51. The van der Waals surface area contributed by atoms with Gasteiger partial charge in [-0.2, -0.15) is 13.2 Å². The number of carbonyl (C=O) groups is 2. The first-order chi connectivity index (χ1) is 9.36. The molecule has 0 heterocycles. The molecule has 0 bridgehead atoms. The maximum atomic E-state index is 12.4. The molecule has 0 fully saturated rings. The van der Waals surface area contributed by atoms with E-state index in [-0.39, 0.29) is 0 Å². The number of alkyl halides is 3. The quantitative estimate of drug-likeness (QED) is 0.692. The van der Waals surface area contributed by atoms with Crippen LogP contribution in [0.25, 0.3) is 0 Å². The smallest absolute Gasteiger partial charge is 0.406 e. The average Bonchev–Trinajstić information content (AvgIpc) is 2.23. The van der Waals surface area contributed by atoms with Gasteiger partial charge in [-0.3, -0.25) is 4.79 Å². The Balaban J connectivity index is 4.94. The van der Waals surface area contributed by atoms with E-state index in [1.807, 2.05) is 0 Å². The van der Waals surface area contributed by atoms with Crippen molar-refractivity contribution in [3.8, 4) is 0 Å². The van der Waals surface area contributed by atoms with E-state index < -0.39 is 55.8 Å². The molecule has 0 radical (unpaired) electrons. The first kappa shape index (κ1) is 19.5. The number of carboxylic acid groups (broad SMARTS) is 1. The molecule has 124 valence electrons. The van der Waals surface area contributed by atoms with Crippen LogP contribution >= 0.6 is 0 Å². The van der Waals surface area contributed by atoms with Gasteiger partial charge in [-0.05, 0) is 5.41 Å². The fourth-order valence-electron chi connectivity index (χ4n) is 1.58. The van der Waals surface area contributed by atoms with Crippen molar-refractivity contribution in [2.75, 3.05) is 19.7 Å². The van der Waals surface area contributed by atoms with Crippen molar-refractivity contribution < 1.29 is 33.0 Å². The summed E-state index contributed by atoms with van der Waals surface area (Å²) in [5.74, 6) is -1.17. The van der Waals surface area contributed by atoms with Crippen molar-refractivity contribution in [1.82, 2.24) is 10.2 Å². The highest BCUT2D eigenvalue weighted by Gasteiger charge is 2.35. The van der Waals surface area contributed by atoms with Gasteiger partial charge in [-0.25, -0.2) is 4.79 Å². The van der Waals surface area contributed by atoms with Gasteiger partial charge in [0, 0.05) is 12.6 Å². The molecule has 3 N–H and O–H groups in total. The summed E-state index contributed by atoms with van der Waals surface area (Å²) in [6.07, 6.45) is -5.01. The molecule has 2 amide bonds. The van der Waals surface area contributed by atoms with E-state index >= 15 is 0 Å². The lowest BCUT2D eigenvalue weighted by atomic mass is 9.85. The number of hydrogen-bond donors (Lipinski definition) is 3. The highest BCUT2D eigenvalue weighted by molar-refractivity contribution is 5.76. The van der Waals surface area contributed by atoms with Gasteiger partial charge in [0.2, 0.25) is 0 Å². The van der Waals surface area contributed by atoms with Crippen LogP contribution in [0.1, 0.15) is 27.2 Å². The number of aliphatic hydroxyl groups excluding tert-OH is 1. The predicted molar refractivity (Wildman–Crippen MR) is 68.7 cm³/mol. The SMILES string of the molecule is CC(C)(C)C(CC(=O)O)NC(=O)N(CCO)CC(F)(F)F. The molecule has 0 aromatic rings. The van der Waals surface area contributed by atoms with Crippen LogP contribution in [0.3, 0.4) is 0 Å². The Morgan fingerprint density at radius 3 is 2.10 bits per heavy atom. The van der Waals surface area contributed by atoms with E-state index in [0.717, 1.165) is 0 Å². The summed E-state index contributed by atoms with van der Waals surface area (Å²) in [5, 5.41) is 19.8. The van der Waals surface area contributed by atoms with Crippen LogP contribution in [0.2, 0.25) is 0 Å². The summed E-state index contributed by atoms with van der Waals surface area (Å²) in [7, 11) is 0. The molecule has 0 aromatic heterocycles. The highest BCUT2D eigenvalue weighted by atomic mass is 19.4. The zero-order valence-corrected chi connectivity index (χ0v) is 12.2. The zero-order valence-electron chi connectivity index (χ0n) is 12.2. The number of nitrogens with one attached hydrogen (secondary N) is 1. The van der Waals surface area contributed by atoms with Crippen molar-refractivity contribution in [3.63, 3.8) is 0 Å². The van der Waals surface area contributed by atoms with Crippen molar-refractivity contribution in [2.45, 2.75) is 39.4 Å². The number of urea groups is 1. The second-order valence-corrected chi connectivity index (χ2v) is 5.73. The van der Waals surface area contributed by atoms with E-state index in [1.165, 1.54) is 0 Å². The third kappa shape index (κ3) is 8.38. The van der Waals surface area contributed by atoms with E-state index in [9.17, 15) is 22.8 Å². The number of halogens is 3.